The molecule has 0 bridgehead atoms. The molecule has 55 heavy (non-hydrogen) atoms. The molecule has 2 aromatic rings. The van der Waals surface area contributed by atoms with E-state index in [9.17, 15) is 19.2 Å². The number of carbonyl (C=O) groups excluding carboxylic acids is 4. The molecule has 1 aliphatic heterocycles. The van der Waals surface area contributed by atoms with Crippen molar-refractivity contribution in [3.63, 3.8) is 0 Å². The average Bonchev–Trinajstić information content (AvgIpc) is 3.17. The van der Waals surface area contributed by atoms with Crippen molar-refractivity contribution in [2.24, 2.45) is 5.84 Å². The molecule has 2 aromatic carbocycles. The van der Waals surface area contributed by atoms with Gasteiger partial charge in [0.2, 0.25) is 11.8 Å². The highest BCUT2D eigenvalue weighted by Gasteiger charge is 2.28. The fourth-order valence-corrected chi connectivity index (χ4v) is 6.13. The van der Waals surface area contributed by atoms with Gasteiger partial charge in [-0.15, -0.1) is 0 Å². The molecule has 1 atom stereocenters. The van der Waals surface area contributed by atoms with Crippen LogP contribution in [0.2, 0.25) is 0 Å². The number of anilines is 1. The van der Waals surface area contributed by atoms with Crippen molar-refractivity contribution in [3.8, 4) is 0 Å². The Balaban J connectivity index is 1.63. The standard InChI is InChI=1S/C41H63N7O7/c1-8-34(49)32(43-6)18-13-14-23-45-39(52)54-26-24-44-37-30-16-10-9-15-29(30)27-48(33-19-12-11-17-31(33)38(37)47-42)36(51)21-20-35(50)46-28-41(4,5)55-25-22-40(2,3)53-7/h9-12,15-17,19,32,43-44,47H,8,13-14,18,20-28,42H2,1-7H3,(H,45,52)(H,46,50)/b38-37-. The lowest BCUT2D eigenvalue weighted by molar-refractivity contribution is -0.126. The van der Waals surface area contributed by atoms with E-state index in [1.54, 1.807) is 19.1 Å². The number of nitrogens with one attached hydrogen (secondary N) is 5. The van der Waals surface area contributed by atoms with E-state index in [4.69, 9.17) is 20.1 Å². The molecule has 0 radical (unpaired) electrons. The number of unbranched alkanes of at least 4 members (excludes halogenated alkanes) is 1. The van der Waals surface area contributed by atoms with Crippen molar-refractivity contribution in [3.05, 3.63) is 65.2 Å². The number of para-hydroxylation sites is 1. The average molecular weight is 766 g/mol. The zero-order valence-electron chi connectivity index (χ0n) is 33.8. The molecular weight excluding hydrogens is 702 g/mol. The molecule has 1 heterocycles. The van der Waals surface area contributed by atoms with Gasteiger partial charge in [-0.05, 0) is 72.1 Å². The van der Waals surface area contributed by atoms with Crippen LogP contribution in [-0.2, 0) is 35.1 Å². The fraction of sp³-hybridized carbons (Fsp3) is 0.561. The van der Waals surface area contributed by atoms with Crippen LogP contribution in [-0.4, -0.2) is 87.9 Å². The van der Waals surface area contributed by atoms with Crippen molar-refractivity contribution < 1.29 is 33.4 Å². The Hall–Kier alpha value is -4.50. The third kappa shape index (κ3) is 14.3. The predicted molar refractivity (Wildman–Crippen MR) is 216 cm³/mol. The van der Waals surface area contributed by atoms with Gasteiger partial charge in [0.1, 0.15) is 12.4 Å². The van der Waals surface area contributed by atoms with E-state index < -0.39 is 11.7 Å². The second-order valence-electron chi connectivity index (χ2n) is 14.8. The van der Waals surface area contributed by atoms with Crippen LogP contribution in [0, 0.1) is 0 Å². The van der Waals surface area contributed by atoms with Crippen LogP contribution in [0.3, 0.4) is 0 Å². The number of Topliss-reactive ketones (excluding diaryl/α,β-unsaturated/α-hetero) is 1. The number of ether oxygens (including phenoxy) is 3. The van der Waals surface area contributed by atoms with Crippen LogP contribution in [0.15, 0.2) is 48.5 Å². The van der Waals surface area contributed by atoms with E-state index in [-0.39, 0.29) is 61.8 Å². The van der Waals surface area contributed by atoms with Crippen molar-refractivity contribution in [2.75, 3.05) is 51.9 Å². The van der Waals surface area contributed by atoms with Crippen molar-refractivity contribution in [2.45, 2.75) is 103 Å². The number of hydrazine groups is 1. The molecule has 3 rings (SSSR count). The predicted octanol–water partition coefficient (Wildman–Crippen LogP) is 4.38. The number of methoxy groups -OCH3 is 1. The second kappa shape index (κ2) is 22.2. The largest absolute Gasteiger partial charge is 0.448 e. The number of carbonyl (C=O) groups is 4. The van der Waals surface area contributed by atoms with Crippen LogP contribution in [0.25, 0.3) is 11.4 Å². The Morgan fingerprint density at radius 1 is 0.873 bits per heavy atom. The van der Waals surface area contributed by atoms with Crippen molar-refractivity contribution >= 4 is 40.8 Å². The van der Waals surface area contributed by atoms with E-state index >= 15 is 0 Å². The zero-order valence-corrected chi connectivity index (χ0v) is 33.8. The summed E-state index contributed by atoms with van der Waals surface area (Å²) in [6.07, 6.45) is 2.94. The maximum Gasteiger partial charge on any atom is 0.407 e. The highest BCUT2D eigenvalue weighted by atomic mass is 16.5. The van der Waals surface area contributed by atoms with Crippen LogP contribution in [0.1, 0.15) is 96.3 Å². The highest BCUT2D eigenvalue weighted by Crippen LogP contribution is 2.35. The Kier molecular flexibility index (Phi) is 18.1. The van der Waals surface area contributed by atoms with E-state index in [1.165, 1.54) is 0 Å². The first-order valence-electron chi connectivity index (χ1n) is 19.2. The quantitative estimate of drug-likeness (QED) is 0.0536. The molecule has 1 aliphatic rings. The fourth-order valence-electron chi connectivity index (χ4n) is 6.13. The maximum atomic E-state index is 13.9. The number of benzene rings is 2. The maximum absolute atomic E-state index is 13.9. The Labute approximate surface area is 326 Å². The van der Waals surface area contributed by atoms with Gasteiger partial charge in [-0.3, -0.25) is 20.2 Å². The lowest BCUT2D eigenvalue weighted by Gasteiger charge is -2.31. The number of nitrogens with two attached hydrogens (primary N) is 1. The van der Waals surface area contributed by atoms with Gasteiger partial charge >= 0.3 is 6.09 Å². The third-order valence-electron chi connectivity index (χ3n) is 9.71. The molecule has 7 N–H and O–H groups in total. The summed E-state index contributed by atoms with van der Waals surface area (Å²) < 4.78 is 16.9. The Bertz CT molecular complexity index is 1610. The monoisotopic (exact) mass is 765 g/mol. The smallest absolute Gasteiger partial charge is 0.407 e. The van der Waals surface area contributed by atoms with Gasteiger partial charge in [-0.2, -0.15) is 0 Å². The van der Waals surface area contributed by atoms with Gasteiger partial charge in [0, 0.05) is 57.1 Å². The van der Waals surface area contributed by atoms with Crippen molar-refractivity contribution in [1.29, 1.82) is 0 Å². The number of amides is 3. The molecule has 0 aromatic heterocycles. The van der Waals surface area contributed by atoms with Crippen molar-refractivity contribution in [1.82, 2.24) is 26.7 Å². The first kappa shape index (κ1) is 44.9. The van der Waals surface area contributed by atoms with Crippen LogP contribution < -0.4 is 37.4 Å². The van der Waals surface area contributed by atoms with Gasteiger partial charge in [-0.1, -0.05) is 49.4 Å². The molecule has 0 saturated carbocycles. The van der Waals surface area contributed by atoms with Crippen LogP contribution in [0.5, 0.6) is 0 Å². The lowest BCUT2D eigenvalue weighted by Crippen LogP contribution is -2.42. The summed E-state index contributed by atoms with van der Waals surface area (Å²) in [6, 6.07) is 15.0. The van der Waals surface area contributed by atoms with E-state index in [0.29, 0.717) is 61.6 Å². The summed E-state index contributed by atoms with van der Waals surface area (Å²) in [7, 11) is 3.46. The first-order valence-corrected chi connectivity index (χ1v) is 19.2. The van der Waals surface area contributed by atoms with E-state index in [0.717, 1.165) is 24.0 Å². The molecule has 1 unspecified atom stereocenters. The molecule has 14 heteroatoms. The molecule has 0 fully saturated rings. The van der Waals surface area contributed by atoms with Crippen LogP contribution in [0.4, 0.5) is 10.5 Å². The number of likely N-dealkylation sites (N-methyl/N-ethyl adjacent to an activating group) is 1. The number of alkyl carbamates (subject to hydrolysis) is 1. The first-order chi connectivity index (χ1) is 26.3. The number of rotatable bonds is 23. The molecule has 0 aliphatic carbocycles. The number of ketones is 1. The molecule has 3 amide bonds. The second-order valence-corrected chi connectivity index (χ2v) is 14.8. The summed E-state index contributed by atoms with van der Waals surface area (Å²) in [5, 5.41) is 12.2. The molecule has 0 spiro atoms. The van der Waals surface area contributed by atoms with Crippen LogP contribution >= 0.6 is 0 Å². The normalized spacial score (nSPS) is 14.8. The summed E-state index contributed by atoms with van der Waals surface area (Å²) in [4.78, 5) is 52.9. The third-order valence-corrected chi connectivity index (χ3v) is 9.71. The number of hydrogen-bond acceptors (Lipinski definition) is 11. The highest BCUT2D eigenvalue weighted by molar-refractivity contribution is 6.02. The Morgan fingerprint density at radius 2 is 1.58 bits per heavy atom. The van der Waals surface area contributed by atoms with Gasteiger partial charge in [0.05, 0.1) is 47.5 Å². The molecule has 0 saturated heterocycles. The minimum atomic E-state index is -0.591. The SMILES string of the molecule is CCC(=O)C(CCCCNC(=O)OCCN/C1=C(\NN)c2ccccc2N(C(=O)CCC(=O)NCC(C)(C)OCCC(C)(C)OC)Cc2ccccc21)NC. The summed E-state index contributed by atoms with van der Waals surface area (Å²) in [5.41, 5.74) is 6.22. The Morgan fingerprint density at radius 3 is 2.27 bits per heavy atom. The number of hydrogen-bond donors (Lipinski definition) is 6. The van der Waals surface area contributed by atoms with Gasteiger partial charge in [-0.25, -0.2) is 4.79 Å². The molecular formula is C41H63N7O7. The molecule has 304 valence electrons. The lowest BCUT2D eigenvalue weighted by atomic mass is 9.95. The summed E-state index contributed by atoms with van der Waals surface area (Å²) in [6.45, 7) is 11.6. The minimum Gasteiger partial charge on any atom is -0.448 e. The van der Waals surface area contributed by atoms with Gasteiger partial charge in [0.25, 0.3) is 0 Å². The minimum absolute atomic E-state index is 0.000256. The number of nitrogens with zero attached hydrogens (tertiary/aromatic N) is 1. The zero-order chi connectivity index (χ0) is 40.4. The summed E-state index contributed by atoms with van der Waals surface area (Å²) >= 11 is 0. The summed E-state index contributed by atoms with van der Waals surface area (Å²) in [5.74, 6) is 5.91. The van der Waals surface area contributed by atoms with E-state index in [2.05, 4.69) is 26.7 Å². The van der Waals surface area contributed by atoms with E-state index in [1.807, 2.05) is 83.1 Å². The van der Waals surface area contributed by atoms with Gasteiger partial charge < -0.3 is 45.8 Å². The number of fused-ring (bicyclic) bond motifs is 2. The topological polar surface area (TPSA) is 185 Å². The van der Waals surface area contributed by atoms with Gasteiger partial charge in [0.15, 0.2) is 0 Å². The molecule has 14 nitrogen and oxygen atoms in total.